The number of halogens is 1. The zero-order valence-electron chi connectivity index (χ0n) is 10.6. The molecule has 0 saturated heterocycles. The van der Waals surface area contributed by atoms with Crippen LogP contribution in [0, 0.1) is 0 Å². The molecule has 1 aliphatic rings. The van der Waals surface area contributed by atoms with Gasteiger partial charge in [0, 0.05) is 22.9 Å². The molecule has 100 valence electrons. The van der Waals surface area contributed by atoms with Crippen LogP contribution in [-0.4, -0.2) is 11.7 Å². The van der Waals surface area contributed by atoms with Gasteiger partial charge in [-0.05, 0) is 36.2 Å². The van der Waals surface area contributed by atoms with E-state index in [4.69, 9.17) is 9.15 Å². The molecule has 1 N–H and O–H groups in total. The summed E-state index contributed by atoms with van der Waals surface area (Å²) in [5.74, 6) is 0.923. The first-order valence-electron chi connectivity index (χ1n) is 6.25. The molecule has 1 aromatic carbocycles. The average Bonchev–Trinajstić information content (AvgIpc) is 2.98. The van der Waals surface area contributed by atoms with E-state index < -0.39 is 5.60 Å². The van der Waals surface area contributed by atoms with Crippen molar-refractivity contribution in [2.75, 3.05) is 6.61 Å². The van der Waals surface area contributed by atoms with E-state index in [1.807, 2.05) is 6.07 Å². The van der Waals surface area contributed by atoms with Crippen molar-refractivity contribution in [2.24, 2.45) is 0 Å². The minimum atomic E-state index is -0.965. The van der Waals surface area contributed by atoms with Crippen LogP contribution in [0.3, 0.4) is 0 Å². The van der Waals surface area contributed by atoms with E-state index in [-0.39, 0.29) is 0 Å². The first kappa shape index (κ1) is 12.8. The lowest BCUT2D eigenvalue weighted by Crippen LogP contribution is -2.23. The zero-order chi connectivity index (χ0) is 13.5. The summed E-state index contributed by atoms with van der Waals surface area (Å²) in [6.45, 7) is 2.51. The Morgan fingerprint density at radius 1 is 1.42 bits per heavy atom. The first-order chi connectivity index (χ1) is 9.06. The fourth-order valence-corrected chi connectivity index (χ4v) is 3.07. The fraction of sp³-hybridized carbons (Fsp3) is 0.333. The highest BCUT2D eigenvalue weighted by Gasteiger charge is 2.28. The number of hydrogen-bond donors (Lipinski definition) is 1. The van der Waals surface area contributed by atoms with E-state index in [9.17, 15) is 5.11 Å². The maximum atomic E-state index is 10.6. The largest absolute Gasteiger partial charge is 0.493 e. The van der Waals surface area contributed by atoms with Gasteiger partial charge in [0.1, 0.15) is 5.75 Å². The molecule has 19 heavy (non-hydrogen) atoms. The average molecular weight is 323 g/mol. The van der Waals surface area contributed by atoms with Crippen molar-refractivity contribution in [1.29, 1.82) is 0 Å². The summed E-state index contributed by atoms with van der Waals surface area (Å²) in [4.78, 5) is 0. The Balaban J connectivity index is 1.96. The topological polar surface area (TPSA) is 42.6 Å². The SMILES string of the molecule is CC(O)(Cc1cc(Br)cc2c1OCC2)c1ccoc1. The smallest absolute Gasteiger partial charge is 0.126 e. The lowest BCUT2D eigenvalue weighted by molar-refractivity contribution is 0.0563. The van der Waals surface area contributed by atoms with Crippen molar-refractivity contribution in [3.63, 3.8) is 0 Å². The van der Waals surface area contributed by atoms with Crippen LogP contribution in [0.1, 0.15) is 23.6 Å². The molecule has 2 heterocycles. The van der Waals surface area contributed by atoms with Gasteiger partial charge in [-0.2, -0.15) is 0 Å². The molecule has 0 radical (unpaired) electrons. The van der Waals surface area contributed by atoms with Crippen LogP contribution in [0.2, 0.25) is 0 Å². The van der Waals surface area contributed by atoms with Crippen molar-refractivity contribution in [2.45, 2.75) is 25.4 Å². The van der Waals surface area contributed by atoms with E-state index in [2.05, 4.69) is 22.0 Å². The molecular formula is C15H15BrO3. The lowest BCUT2D eigenvalue weighted by atomic mass is 9.90. The third kappa shape index (κ3) is 2.42. The third-order valence-electron chi connectivity index (χ3n) is 3.50. The summed E-state index contributed by atoms with van der Waals surface area (Å²) in [5, 5.41) is 10.6. The van der Waals surface area contributed by atoms with E-state index in [0.717, 1.165) is 27.8 Å². The van der Waals surface area contributed by atoms with Gasteiger partial charge in [-0.1, -0.05) is 15.9 Å². The van der Waals surface area contributed by atoms with Gasteiger partial charge in [-0.15, -0.1) is 0 Å². The highest BCUT2D eigenvalue weighted by molar-refractivity contribution is 9.10. The predicted molar refractivity (Wildman–Crippen MR) is 75.3 cm³/mol. The van der Waals surface area contributed by atoms with Gasteiger partial charge in [0.2, 0.25) is 0 Å². The minimum Gasteiger partial charge on any atom is -0.493 e. The van der Waals surface area contributed by atoms with Crippen LogP contribution >= 0.6 is 15.9 Å². The lowest BCUT2D eigenvalue weighted by Gasteiger charge is -2.23. The van der Waals surface area contributed by atoms with Crippen molar-refractivity contribution in [3.05, 3.63) is 51.9 Å². The fourth-order valence-electron chi connectivity index (χ4n) is 2.52. The summed E-state index contributed by atoms with van der Waals surface area (Å²) in [6, 6.07) is 5.89. The second kappa shape index (κ2) is 4.69. The number of rotatable bonds is 3. The van der Waals surface area contributed by atoms with Gasteiger partial charge in [0.15, 0.2) is 0 Å². The molecule has 1 aromatic heterocycles. The maximum Gasteiger partial charge on any atom is 0.126 e. The van der Waals surface area contributed by atoms with Gasteiger partial charge in [-0.25, -0.2) is 0 Å². The molecule has 0 aliphatic carbocycles. The van der Waals surface area contributed by atoms with E-state index in [0.29, 0.717) is 13.0 Å². The Kier molecular flexibility index (Phi) is 3.15. The first-order valence-corrected chi connectivity index (χ1v) is 7.05. The number of fused-ring (bicyclic) bond motifs is 1. The van der Waals surface area contributed by atoms with Gasteiger partial charge < -0.3 is 14.3 Å². The third-order valence-corrected chi connectivity index (χ3v) is 3.96. The molecule has 0 fully saturated rings. The van der Waals surface area contributed by atoms with Gasteiger partial charge in [0.05, 0.1) is 24.7 Å². The molecule has 1 aliphatic heterocycles. The minimum absolute atomic E-state index is 0.494. The van der Waals surface area contributed by atoms with Crippen LogP contribution in [0.25, 0.3) is 0 Å². The predicted octanol–water partition coefficient (Wildman–Crippen LogP) is 3.43. The molecule has 4 heteroatoms. The summed E-state index contributed by atoms with van der Waals surface area (Å²) in [6.07, 6.45) is 4.58. The second-order valence-corrected chi connectivity index (χ2v) is 6.03. The highest BCUT2D eigenvalue weighted by atomic mass is 79.9. The van der Waals surface area contributed by atoms with Crippen LogP contribution < -0.4 is 4.74 Å². The molecule has 0 spiro atoms. The Morgan fingerprint density at radius 2 is 2.26 bits per heavy atom. The molecule has 2 aromatic rings. The molecule has 3 rings (SSSR count). The summed E-state index contributed by atoms with van der Waals surface area (Å²) in [7, 11) is 0. The van der Waals surface area contributed by atoms with E-state index >= 15 is 0 Å². The summed E-state index contributed by atoms with van der Waals surface area (Å²) >= 11 is 3.52. The van der Waals surface area contributed by atoms with Crippen LogP contribution in [-0.2, 0) is 18.4 Å². The van der Waals surface area contributed by atoms with Gasteiger partial charge in [0.25, 0.3) is 0 Å². The maximum absolute atomic E-state index is 10.6. The summed E-state index contributed by atoms with van der Waals surface area (Å²) < 4.78 is 11.8. The number of aliphatic hydroxyl groups is 1. The van der Waals surface area contributed by atoms with Crippen LogP contribution in [0.4, 0.5) is 0 Å². The Morgan fingerprint density at radius 3 is 3.00 bits per heavy atom. The Hall–Kier alpha value is -1.26. The van der Waals surface area contributed by atoms with Crippen LogP contribution in [0.15, 0.2) is 39.6 Å². The number of ether oxygens (including phenoxy) is 1. The Bertz CT molecular complexity index is 588. The molecular weight excluding hydrogens is 308 g/mol. The van der Waals surface area contributed by atoms with Crippen molar-refractivity contribution >= 4 is 15.9 Å². The zero-order valence-corrected chi connectivity index (χ0v) is 12.2. The normalized spacial score (nSPS) is 16.8. The van der Waals surface area contributed by atoms with Gasteiger partial charge in [-0.3, -0.25) is 0 Å². The molecule has 0 bridgehead atoms. The molecule has 0 amide bonds. The van der Waals surface area contributed by atoms with E-state index in [1.54, 1.807) is 25.5 Å². The van der Waals surface area contributed by atoms with Crippen molar-refractivity contribution in [3.8, 4) is 5.75 Å². The number of benzene rings is 1. The molecule has 3 nitrogen and oxygen atoms in total. The van der Waals surface area contributed by atoms with Crippen LogP contribution in [0.5, 0.6) is 5.75 Å². The summed E-state index contributed by atoms with van der Waals surface area (Å²) in [5.41, 5.74) is 2.03. The van der Waals surface area contributed by atoms with Crippen molar-refractivity contribution in [1.82, 2.24) is 0 Å². The number of furan rings is 1. The second-order valence-electron chi connectivity index (χ2n) is 5.11. The van der Waals surface area contributed by atoms with Crippen molar-refractivity contribution < 1.29 is 14.3 Å². The monoisotopic (exact) mass is 322 g/mol. The quantitative estimate of drug-likeness (QED) is 0.941. The highest BCUT2D eigenvalue weighted by Crippen LogP contribution is 2.37. The molecule has 1 atom stereocenters. The van der Waals surface area contributed by atoms with Gasteiger partial charge >= 0.3 is 0 Å². The standard InChI is InChI=1S/C15H15BrO3/c1-15(17,12-3-4-18-9-12)8-11-7-13(16)6-10-2-5-19-14(10)11/h3-4,6-7,9,17H,2,5,8H2,1H3. The number of hydrogen-bond acceptors (Lipinski definition) is 3. The van der Waals surface area contributed by atoms with E-state index in [1.165, 1.54) is 5.56 Å². The Labute approximate surface area is 120 Å². The molecule has 1 unspecified atom stereocenters. The molecule has 0 saturated carbocycles.